The molecule has 1 saturated heterocycles. The number of benzene rings is 1. The fourth-order valence-corrected chi connectivity index (χ4v) is 11.8. The van der Waals surface area contributed by atoms with Gasteiger partial charge in [0.2, 0.25) is 17.7 Å². The van der Waals surface area contributed by atoms with Crippen LogP contribution in [0.4, 0.5) is 5.69 Å². The minimum absolute atomic E-state index is 0.0515. The average molecular weight is 686 g/mol. The van der Waals surface area contributed by atoms with Crippen molar-refractivity contribution in [3.8, 4) is 0 Å². The van der Waals surface area contributed by atoms with Gasteiger partial charge in [0.1, 0.15) is 17.8 Å². The van der Waals surface area contributed by atoms with E-state index in [1.165, 1.54) is 20.1 Å². The fraction of sp³-hybridized carbons (Fsp3) is 0.714. The van der Waals surface area contributed by atoms with Crippen LogP contribution in [0, 0.1) is 40.4 Å². The molecular formula is C35H47N3O11. The van der Waals surface area contributed by atoms with Crippen LogP contribution in [-0.4, -0.2) is 111 Å². The van der Waals surface area contributed by atoms with Crippen LogP contribution < -0.4 is 16.4 Å². The van der Waals surface area contributed by atoms with E-state index in [1.54, 1.807) is 39.5 Å². The van der Waals surface area contributed by atoms with Gasteiger partial charge in [-0.2, -0.15) is 0 Å². The molecule has 1 aliphatic heterocycles. The third kappa shape index (κ3) is 4.21. The van der Waals surface area contributed by atoms with E-state index in [0.29, 0.717) is 12.8 Å². The van der Waals surface area contributed by atoms with Gasteiger partial charge in [-0.3, -0.25) is 14.4 Å². The molecule has 6 aliphatic rings. The highest BCUT2D eigenvalue weighted by molar-refractivity contribution is 6.02. The van der Waals surface area contributed by atoms with Gasteiger partial charge >= 0.3 is 5.97 Å². The Kier molecular flexibility index (Phi) is 8.20. The van der Waals surface area contributed by atoms with Crippen molar-refractivity contribution in [2.45, 2.75) is 80.7 Å². The van der Waals surface area contributed by atoms with Crippen LogP contribution in [0.3, 0.4) is 0 Å². The van der Waals surface area contributed by atoms with Crippen molar-refractivity contribution < 1.29 is 53.1 Å². The number of carbonyl (C=O) groups excluding carboxylic acids is 4. The van der Waals surface area contributed by atoms with Crippen LogP contribution in [0.25, 0.3) is 0 Å². The normalized spacial score (nSPS) is 44.6. The Morgan fingerprint density at radius 1 is 1.08 bits per heavy atom. The first-order valence-electron chi connectivity index (χ1n) is 17.0. The first kappa shape index (κ1) is 34.3. The molecule has 49 heavy (non-hydrogen) atoms. The number of primary amides is 1. The molecule has 6 N–H and O–H groups in total. The number of hydrogen-bond acceptors (Lipinski definition) is 11. The minimum Gasteiger partial charge on any atom is -0.461 e. The Bertz CT molecular complexity index is 1560. The number of esters is 1. The third-order valence-corrected chi connectivity index (χ3v) is 13.5. The first-order valence-corrected chi connectivity index (χ1v) is 17.0. The maximum Gasteiger partial charge on any atom is 0.340 e. The highest BCUT2D eigenvalue weighted by Gasteiger charge is 2.92. The van der Waals surface area contributed by atoms with Gasteiger partial charge in [0.25, 0.3) is 0 Å². The number of para-hydroxylation sites is 1. The van der Waals surface area contributed by atoms with Crippen molar-refractivity contribution in [1.29, 1.82) is 0 Å². The highest BCUT2D eigenvalue weighted by atomic mass is 16.5. The number of amides is 3. The Morgan fingerprint density at radius 2 is 1.82 bits per heavy atom. The number of methoxy groups -OCH3 is 4. The lowest BCUT2D eigenvalue weighted by Gasteiger charge is -2.67. The number of nitrogens with two attached hydrogens (primary N) is 1. The van der Waals surface area contributed by atoms with Gasteiger partial charge in [-0.25, -0.2) is 4.79 Å². The molecule has 3 amide bonds. The largest absolute Gasteiger partial charge is 0.461 e. The Morgan fingerprint density at radius 3 is 2.47 bits per heavy atom. The fourth-order valence-electron chi connectivity index (χ4n) is 11.8. The second-order valence-corrected chi connectivity index (χ2v) is 15.1. The number of hydrogen-bond donors (Lipinski definition) is 5. The summed E-state index contributed by atoms with van der Waals surface area (Å²) in [6, 6.07) is 5.41. The summed E-state index contributed by atoms with van der Waals surface area (Å²) in [6.07, 6.45) is -0.927. The number of nitrogens with one attached hydrogen (secondary N) is 2. The maximum absolute atomic E-state index is 14.4. The number of aliphatic hydroxyl groups is 2. The van der Waals surface area contributed by atoms with E-state index in [0.717, 1.165) is 0 Å². The molecule has 0 aromatic heterocycles. The summed E-state index contributed by atoms with van der Waals surface area (Å²) in [4.78, 5) is 52.4. The van der Waals surface area contributed by atoms with Crippen LogP contribution in [0.1, 0.15) is 49.4 Å². The first-order chi connectivity index (χ1) is 23.3. The van der Waals surface area contributed by atoms with E-state index >= 15 is 0 Å². The summed E-state index contributed by atoms with van der Waals surface area (Å²) in [5.41, 5.74) is -0.341. The van der Waals surface area contributed by atoms with Crippen LogP contribution in [0.2, 0.25) is 0 Å². The van der Waals surface area contributed by atoms with Gasteiger partial charge in [-0.05, 0) is 37.3 Å². The highest BCUT2D eigenvalue weighted by Crippen LogP contribution is 2.79. The zero-order chi connectivity index (χ0) is 35.3. The molecule has 7 bridgehead atoms. The maximum atomic E-state index is 14.4. The quantitative estimate of drug-likeness (QED) is 0.202. The predicted octanol–water partition coefficient (Wildman–Crippen LogP) is 0.380. The Labute approximate surface area is 284 Å². The Hall–Kier alpha value is -3.14. The number of fused-ring (bicyclic) bond motifs is 2. The minimum atomic E-state index is -1.95. The zero-order valence-electron chi connectivity index (χ0n) is 28.5. The van der Waals surface area contributed by atoms with Crippen molar-refractivity contribution in [3.05, 3.63) is 29.8 Å². The molecule has 1 spiro atoms. The summed E-state index contributed by atoms with van der Waals surface area (Å²) in [5.74, 6) is -4.46. The standard InChI is InChI=1S/C35H47N3O11/c1-16(28(36)40)12-23(39)37-20-9-7-6-8-17(20)29(41)49-15-32-11-10-22(46-3)34-19-13-18-21(45-2)14-33(43,24(19)25(18)47-4)35(44,27(48-5)26(32)34)30(34)38-31(32)42/h6-9,16,18-19,21-22,24-27,30,43-44H,10-15H2,1-5H3,(H2,36,40)(H,37,39)(H,38,42)/t16?,18-,19-,21+,22+,24-,25+,26-,27+,30+,32+,33-,34+,35-/m1/s1. The van der Waals surface area contributed by atoms with Crippen LogP contribution in [0.15, 0.2) is 24.3 Å². The smallest absolute Gasteiger partial charge is 0.340 e. The van der Waals surface area contributed by atoms with E-state index in [4.69, 9.17) is 29.4 Å². The van der Waals surface area contributed by atoms with Gasteiger partial charge in [-0.1, -0.05) is 19.1 Å². The lowest BCUT2D eigenvalue weighted by atomic mass is 9.43. The molecule has 7 rings (SSSR count). The lowest BCUT2D eigenvalue weighted by molar-refractivity contribution is -0.299. The number of anilines is 1. The topological polar surface area (TPSA) is 205 Å². The third-order valence-electron chi connectivity index (χ3n) is 13.5. The molecular weight excluding hydrogens is 638 g/mol. The second-order valence-electron chi connectivity index (χ2n) is 15.1. The van der Waals surface area contributed by atoms with Crippen molar-refractivity contribution in [2.24, 2.45) is 46.2 Å². The second kappa shape index (κ2) is 11.7. The van der Waals surface area contributed by atoms with Crippen molar-refractivity contribution >= 4 is 29.4 Å². The van der Waals surface area contributed by atoms with Gasteiger partial charge in [-0.15, -0.1) is 0 Å². The lowest BCUT2D eigenvalue weighted by Crippen LogP contribution is -2.82. The molecule has 1 heterocycles. The van der Waals surface area contributed by atoms with E-state index in [-0.39, 0.29) is 61.0 Å². The SMILES string of the molecule is CO[C@H]1[C@@H]2C[C@@H]3[C@H]1[C@](O)(C[C@@H]2OC)[C@@]1(O)[C@@H](OC)[C@@H]2[C@@]4(COC(=O)c5ccccc5NC(=O)CC(C)C(N)=O)CC[C@H](OC)[C@@]32[C@@H]1NC4=O. The number of piperidine rings is 1. The number of carbonyl (C=O) groups is 4. The van der Waals surface area contributed by atoms with Crippen LogP contribution in [-0.2, 0) is 38.1 Å². The summed E-state index contributed by atoms with van der Waals surface area (Å²) in [5, 5.41) is 31.8. The van der Waals surface area contributed by atoms with Crippen LogP contribution in [0.5, 0.6) is 0 Å². The van der Waals surface area contributed by atoms with Crippen molar-refractivity contribution in [3.63, 3.8) is 0 Å². The average Bonchev–Trinajstić information content (AvgIpc) is 3.49. The zero-order valence-corrected chi connectivity index (χ0v) is 28.5. The molecule has 14 nitrogen and oxygen atoms in total. The molecule has 5 aliphatic carbocycles. The summed E-state index contributed by atoms with van der Waals surface area (Å²) in [6.45, 7) is 1.20. The Balaban J connectivity index is 1.27. The molecule has 1 unspecified atom stereocenters. The molecule has 0 radical (unpaired) electrons. The van der Waals surface area contributed by atoms with Crippen molar-refractivity contribution in [2.75, 3.05) is 40.4 Å². The summed E-state index contributed by atoms with van der Waals surface area (Å²) in [7, 11) is 6.32. The van der Waals surface area contributed by atoms with Crippen LogP contribution >= 0.6 is 0 Å². The number of ether oxygens (including phenoxy) is 5. The molecule has 268 valence electrons. The molecule has 6 fully saturated rings. The monoisotopic (exact) mass is 685 g/mol. The van der Waals surface area contributed by atoms with Gasteiger partial charge in [0, 0.05) is 70.4 Å². The van der Waals surface area contributed by atoms with Crippen molar-refractivity contribution in [1.82, 2.24) is 5.32 Å². The van der Waals surface area contributed by atoms with E-state index in [1.807, 2.05) is 0 Å². The van der Waals surface area contributed by atoms with Gasteiger partial charge < -0.3 is 50.3 Å². The van der Waals surface area contributed by atoms with E-state index < -0.39 is 81.9 Å². The number of rotatable bonds is 11. The van der Waals surface area contributed by atoms with Gasteiger partial charge in [0.05, 0.1) is 47.1 Å². The van der Waals surface area contributed by atoms with E-state index in [9.17, 15) is 29.4 Å². The molecule has 14 heteroatoms. The summed E-state index contributed by atoms with van der Waals surface area (Å²) >= 11 is 0. The molecule has 14 atom stereocenters. The molecule has 1 aromatic rings. The van der Waals surface area contributed by atoms with E-state index in [2.05, 4.69) is 10.6 Å². The molecule has 5 saturated carbocycles. The predicted molar refractivity (Wildman–Crippen MR) is 171 cm³/mol. The molecule has 1 aromatic carbocycles. The van der Waals surface area contributed by atoms with Gasteiger partial charge in [0.15, 0.2) is 0 Å². The summed E-state index contributed by atoms with van der Waals surface area (Å²) < 4.78 is 30.4.